The second-order valence-corrected chi connectivity index (χ2v) is 7.18. The van der Waals surface area contributed by atoms with Crippen LogP contribution in [0.15, 0.2) is 67.3 Å². The first-order valence-corrected chi connectivity index (χ1v) is 9.71. The van der Waals surface area contributed by atoms with Crippen LogP contribution in [0.3, 0.4) is 0 Å². The highest BCUT2D eigenvalue weighted by Crippen LogP contribution is 2.24. The second-order valence-electron chi connectivity index (χ2n) is 7.18. The average molecular weight is 389 g/mol. The van der Waals surface area contributed by atoms with E-state index in [4.69, 9.17) is 4.74 Å². The maximum absolute atomic E-state index is 12.8. The summed E-state index contributed by atoms with van der Waals surface area (Å²) in [7, 11) is 1.61. The molecule has 1 amide bonds. The molecule has 148 valence electrons. The molecule has 4 rings (SSSR count). The van der Waals surface area contributed by atoms with Crippen LogP contribution in [-0.2, 0) is 0 Å². The van der Waals surface area contributed by atoms with Crippen LogP contribution in [0.25, 0.3) is 5.69 Å². The Bertz CT molecular complexity index is 971. The van der Waals surface area contributed by atoms with E-state index in [9.17, 15) is 9.59 Å². The predicted molar refractivity (Wildman–Crippen MR) is 110 cm³/mol. The normalized spacial score (nSPS) is 14.6. The molecule has 0 N–H and O–H groups in total. The van der Waals surface area contributed by atoms with E-state index in [2.05, 4.69) is 4.98 Å². The van der Waals surface area contributed by atoms with Crippen LogP contribution in [0.5, 0.6) is 5.75 Å². The molecule has 1 aliphatic heterocycles. The highest BCUT2D eigenvalue weighted by atomic mass is 16.5. The fraction of sp³-hybridized carbons (Fsp3) is 0.261. The van der Waals surface area contributed by atoms with Crippen molar-refractivity contribution in [3.8, 4) is 11.4 Å². The van der Waals surface area contributed by atoms with Crippen molar-refractivity contribution in [2.24, 2.45) is 5.92 Å². The number of benzene rings is 2. The minimum atomic E-state index is -0.0453. The lowest BCUT2D eigenvalue weighted by molar-refractivity contribution is 0.0650. The Morgan fingerprint density at radius 3 is 2.21 bits per heavy atom. The fourth-order valence-corrected chi connectivity index (χ4v) is 3.71. The topological polar surface area (TPSA) is 64.4 Å². The van der Waals surface area contributed by atoms with Crippen molar-refractivity contribution in [2.75, 3.05) is 20.2 Å². The van der Waals surface area contributed by atoms with Crippen LogP contribution in [0.2, 0.25) is 0 Å². The van der Waals surface area contributed by atoms with E-state index in [1.54, 1.807) is 43.9 Å². The smallest absolute Gasteiger partial charge is 0.253 e. The minimum Gasteiger partial charge on any atom is -0.497 e. The lowest BCUT2D eigenvalue weighted by Crippen LogP contribution is -2.40. The van der Waals surface area contributed by atoms with Gasteiger partial charge in [-0.15, -0.1) is 0 Å². The predicted octanol–water partition coefficient (Wildman–Crippen LogP) is 3.62. The SMILES string of the molecule is COc1ccc(C(=O)C2CCN(C(=O)c3ccc(-n4ccnc4)cc3)CC2)cc1. The molecule has 0 atom stereocenters. The van der Waals surface area contributed by atoms with Crippen LogP contribution >= 0.6 is 0 Å². The first kappa shape index (κ1) is 18.9. The third-order valence-electron chi connectivity index (χ3n) is 5.44. The Morgan fingerprint density at radius 1 is 0.966 bits per heavy atom. The van der Waals surface area contributed by atoms with Gasteiger partial charge in [-0.2, -0.15) is 0 Å². The van der Waals surface area contributed by atoms with Crippen LogP contribution < -0.4 is 4.74 Å². The van der Waals surface area contributed by atoms with E-state index >= 15 is 0 Å². The van der Waals surface area contributed by atoms with Crippen molar-refractivity contribution >= 4 is 11.7 Å². The number of hydrogen-bond acceptors (Lipinski definition) is 4. The third-order valence-corrected chi connectivity index (χ3v) is 5.44. The van der Waals surface area contributed by atoms with Crippen LogP contribution in [-0.4, -0.2) is 46.3 Å². The summed E-state index contributed by atoms with van der Waals surface area (Å²) in [5, 5.41) is 0. The molecule has 2 aromatic carbocycles. The van der Waals surface area contributed by atoms with Gasteiger partial charge >= 0.3 is 0 Å². The summed E-state index contributed by atoms with van der Waals surface area (Å²) in [6.45, 7) is 1.18. The van der Waals surface area contributed by atoms with Gasteiger partial charge in [-0.25, -0.2) is 4.98 Å². The van der Waals surface area contributed by atoms with Crippen molar-refractivity contribution in [1.29, 1.82) is 0 Å². The Hall–Kier alpha value is -3.41. The molecule has 1 fully saturated rings. The molecular weight excluding hydrogens is 366 g/mol. The van der Waals surface area contributed by atoms with E-state index in [0.29, 0.717) is 37.1 Å². The van der Waals surface area contributed by atoms with Crippen molar-refractivity contribution in [3.63, 3.8) is 0 Å². The number of ketones is 1. The molecule has 0 unspecified atom stereocenters. The molecule has 29 heavy (non-hydrogen) atoms. The number of carbonyl (C=O) groups excluding carboxylic acids is 2. The van der Waals surface area contributed by atoms with Gasteiger partial charge < -0.3 is 14.2 Å². The number of piperidine rings is 1. The number of rotatable bonds is 5. The lowest BCUT2D eigenvalue weighted by Gasteiger charge is -2.31. The van der Waals surface area contributed by atoms with Gasteiger partial charge in [-0.3, -0.25) is 9.59 Å². The minimum absolute atomic E-state index is 0.0116. The Balaban J connectivity index is 1.36. The molecule has 0 aliphatic carbocycles. The maximum atomic E-state index is 12.8. The molecule has 2 heterocycles. The first-order chi connectivity index (χ1) is 14.2. The zero-order valence-corrected chi connectivity index (χ0v) is 16.3. The molecule has 0 radical (unpaired) electrons. The van der Waals surface area contributed by atoms with Crippen LogP contribution in [0.1, 0.15) is 33.6 Å². The molecule has 0 bridgehead atoms. The van der Waals surface area contributed by atoms with Crippen molar-refractivity contribution in [1.82, 2.24) is 14.5 Å². The van der Waals surface area contributed by atoms with Gasteiger partial charge in [0.1, 0.15) is 5.75 Å². The van der Waals surface area contributed by atoms with Gasteiger partial charge in [0.25, 0.3) is 5.91 Å². The number of hydrogen-bond donors (Lipinski definition) is 0. The summed E-state index contributed by atoms with van der Waals surface area (Å²) in [4.78, 5) is 31.4. The molecule has 1 saturated heterocycles. The van der Waals surface area contributed by atoms with Gasteiger partial charge in [-0.1, -0.05) is 0 Å². The molecule has 1 aromatic heterocycles. The van der Waals surface area contributed by atoms with Gasteiger partial charge in [-0.05, 0) is 61.4 Å². The number of amides is 1. The summed E-state index contributed by atoms with van der Waals surface area (Å²) < 4.78 is 7.04. The van der Waals surface area contributed by atoms with Gasteiger partial charge in [0.15, 0.2) is 5.78 Å². The number of nitrogens with zero attached hydrogens (tertiary/aromatic N) is 3. The average Bonchev–Trinajstić information content (AvgIpc) is 3.33. The maximum Gasteiger partial charge on any atom is 0.253 e. The largest absolute Gasteiger partial charge is 0.497 e. The van der Waals surface area contributed by atoms with Gasteiger partial charge in [0, 0.05) is 48.2 Å². The molecular formula is C23H23N3O3. The van der Waals surface area contributed by atoms with E-state index < -0.39 is 0 Å². The van der Waals surface area contributed by atoms with Crippen molar-refractivity contribution < 1.29 is 14.3 Å². The van der Waals surface area contributed by atoms with Crippen molar-refractivity contribution in [3.05, 3.63) is 78.4 Å². The third kappa shape index (κ3) is 4.06. The van der Waals surface area contributed by atoms with Gasteiger partial charge in [0.2, 0.25) is 0 Å². The Morgan fingerprint density at radius 2 is 1.62 bits per heavy atom. The van der Waals surface area contributed by atoms with E-state index in [1.165, 1.54) is 0 Å². The molecule has 6 heteroatoms. The van der Waals surface area contributed by atoms with E-state index in [1.807, 2.05) is 39.9 Å². The molecule has 3 aromatic rings. The van der Waals surface area contributed by atoms with Gasteiger partial charge in [0.05, 0.1) is 13.4 Å². The summed E-state index contributed by atoms with van der Waals surface area (Å²) in [6.07, 6.45) is 6.67. The summed E-state index contributed by atoms with van der Waals surface area (Å²) in [5.74, 6) is 0.846. The number of imidazole rings is 1. The monoisotopic (exact) mass is 389 g/mol. The standard InChI is InChI=1S/C23H23N3O3/c1-29-21-8-4-17(5-9-21)22(27)18-10-13-25(14-11-18)23(28)19-2-6-20(7-3-19)26-15-12-24-16-26/h2-9,12,15-16,18H,10-11,13-14H2,1H3. The van der Waals surface area contributed by atoms with Crippen molar-refractivity contribution in [2.45, 2.75) is 12.8 Å². The number of methoxy groups -OCH3 is 1. The second kappa shape index (κ2) is 8.31. The zero-order valence-electron chi connectivity index (χ0n) is 16.3. The number of ether oxygens (including phenoxy) is 1. The molecule has 6 nitrogen and oxygen atoms in total. The van der Waals surface area contributed by atoms with E-state index in [0.717, 1.165) is 11.4 Å². The van der Waals surface area contributed by atoms with E-state index in [-0.39, 0.29) is 17.6 Å². The summed E-state index contributed by atoms with van der Waals surface area (Å²) in [6, 6.07) is 14.7. The van der Waals surface area contributed by atoms with Crippen LogP contribution in [0.4, 0.5) is 0 Å². The zero-order chi connectivity index (χ0) is 20.2. The highest BCUT2D eigenvalue weighted by Gasteiger charge is 2.28. The molecule has 0 saturated carbocycles. The lowest BCUT2D eigenvalue weighted by atomic mass is 9.88. The number of carbonyl (C=O) groups is 2. The quantitative estimate of drug-likeness (QED) is 0.625. The molecule has 1 aliphatic rings. The summed E-state index contributed by atoms with van der Waals surface area (Å²) >= 11 is 0. The van der Waals surface area contributed by atoms with Crippen LogP contribution in [0, 0.1) is 5.92 Å². The first-order valence-electron chi connectivity index (χ1n) is 9.71. The number of likely N-dealkylation sites (tertiary alicyclic amines) is 1. The number of aromatic nitrogens is 2. The summed E-state index contributed by atoms with van der Waals surface area (Å²) in [5.41, 5.74) is 2.32. The Labute approximate surface area is 169 Å². The number of Topliss-reactive ketones (excluding diaryl/α,β-unsaturated/α-hetero) is 1. The fourth-order valence-electron chi connectivity index (χ4n) is 3.71. The highest BCUT2D eigenvalue weighted by molar-refractivity contribution is 5.98. The Kier molecular flexibility index (Phi) is 5.42. The molecule has 0 spiro atoms.